The van der Waals surface area contributed by atoms with Crippen molar-refractivity contribution in [2.75, 3.05) is 27.8 Å². The second-order valence-electron chi connectivity index (χ2n) is 15.3. The number of amides is 4. The fraction of sp³-hybridized carbons (Fsp3) is 0.538. The lowest BCUT2D eigenvalue weighted by Crippen LogP contribution is -2.62. The van der Waals surface area contributed by atoms with Crippen LogP contribution in [0.1, 0.15) is 75.0 Å². The van der Waals surface area contributed by atoms with E-state index in [4.69, 9.17) is 25.9 Å². The minimum atomic E-state index is -1.18. The van der Waals surface area contributed by atoms with Crippen molar-refractivity contribution in [2.24, 2.45) is 17.0 Å². The molecule has 6 rings (SSSR count). The molecule has 284 valence electrons. The van der Waals surface area contributed by atoms with Crippen LogP contribution < -0.4 is 20.7 Å². The molecule has 53 heavy (non-hydrogen) atoms. The first kappa shape index (κ1) is 38.2. The number of likely N-dealkylation sites (tertiary alicyclic amines) is 1. The highest BCUT2D eigenvalue weighted by Gasteiger charge is 2.57. The number of methoxy groups -OCH3 is 2. The highest BCUT2D eigenvalue weighted by molar-refractivity contribution is 6.38. The molecule has 2 aliphatic heterocycles. The number of carbonyl (C=O) groups is 5. The normalized spacial score (nSPS) is 24.5. The van der Waals surface area contributed by atoms with Crippen molar-refractivity contribution in [1.82, 2.24) is 20.9 Å². The van der Waals surface area contributed by atoms with E-state index in [-0.39, 0.29) is 43.0 Å². The van der Waals surface area contributed by atoms with Gasteiger partial charge in [-0.05, 0) is 68.7 Å². The number of likely N-dealkylation sites (N-methyl/N-ethyl adjacent to an activating group) is 1. The molecule has 1 saturated heterocycles. The number of Topliss-reactive ketones (excluding diaryl/α,β-unsaturated/α-hetero) is 1. The molecule has 0 unspecified atom stereocenters. The fourth-order valence-electron chi connectivity index (χ4n) is 7.53. The molecule has 2 heterocycles. The van der Waals surface area contributed by atoms with Gasteiger partial charge in [0.05, 0.1) is 36.0 Å². The van der Waals surface area contributed by atoms with Gasteiger partial charge in [-0.3, -0.25) is 24.0 Å². The van der Waals surface area contributed by atoms with Crippen LogP contribution in [-0.2, 0) is 33.5 Å². The Kier molecular flexibility index (Phi) is 10.9. The Bertz CT molecular complexity index is 1790. The largest absolute Gasteiger partial charge is 0.495 e. The summed E-state index contributed by atoms with van der Waals surface area (Å²) in [7, 11) is 4.36. The molecule has 2 saturated carbocycles. The van der Waals surface area contributed by atoms with Gasteiger partial charge in [0.25, 0.3) is 5.91 Å². The molecule has 0 bridgehead atoms. The zero-order valence-electron chi connectivity index (χ0n) is 31.0. The van der Waals surface area contributed by atoms with Crippen molar-refractivity contribution in [3.05, 3.63) is 64.2 Å². The number of aryl methyl sites for hydroxylation is 1. The SMILES string of the molecule is CNC(=O)C(=O)[C@H](CC1CC1)NC(=O)[C@@H]1C[C@]2(CC(c3cc(C)c(OC)c(Cl)c3)=NO2)CN1C(=O)[C@@H](NC(=O)[C@@H]1C[C@H]1c1ccccc1)C(C)(C)OC. The van der Waals surface area contributed by atoms with Crippen molar-refractivity contribution in [1.29, 1.82) is 0 Å². The van der Waals surface area contributed by atoms with E-state index < -0.39 is 52.8 Å². The third kappa shape index (κ3) is 8.06. The summed E-state index contributed by atoms with van der Waals surface area (Å²) in [6, 6.07) is 9.99. The molecule has 6 atom stereocenters. The molecule has 0 radical (unpaired) electrons. The summed E-state index contributed by atoms with van der Waals surface area (Å²) in [5.74, 6) is -2.54. The number of nitrogens with zero attached hydrogens (tertiary/aromatic N) is 2. The van der Waals surface area contributed by atoms with Crippen LogP contribution in [0.3, 0.4) is 0 Å². The Hall–Kier alpha value is -4.49. The topological polar surface area (TPSA) is 165 Å². The van der Waals surface area contributed by atoms with Crippen LogP contribution in [0.25, 0.3) is 0 Å². The molecule has 0 aromatic heterocycles. The van der Waals surface area contributed by atoms with Gasteiger partial charge in [0.15, 0.2) is 5.60 Å². The predicted octanol–water partition coefficient (Wildman–Crippen LogP) is 3.43. The highest BCUT2D eigenvalue weighted by atomic mass is 35.5. The van der Waals surface area contributed by atoms with Crippen molar-refractivity contribution in [3.63, 3.8) is 0 Å². The number of benzene rings is 2. The Balaban J connectivity index is 1.28. The lowest BCUT2D eigenvalue weighted by molar-refractivity contribution is -0.149. The molecule has 4 aliphatic rings. The monoisotopic (exact) mass is 749 g/mol. The summed E-state index contributed by atoms with van der Waals surface area (Å²) in [6.45, 7) is 5.23. The number of rotatable bonds is 14. The standard InChI is InChI=1S/C39H48ClN5O8/c1-21-14-24(16-27(40)32(21)51-5)29-18-39(53-44-29)19-30(35(48)42-28(15-22-12-13-22)31(46)36(49)41-4)45(20-39)37(50)33(38(2,3)52-6)43-34(47)26-17-25(26)23-10-8-7-9-11-23/h7-11,14,16,22,25-26,28,30,33H,12-13,15,17-20H2,1-6H3,(H,41,49)(H,42,48)(H,43,47)/t25-,26+,28-,30-,33+,39+/m0/s1. The van der Waals surface area contributed by atoms with Gasteiger partial charge in [-0.2, -0.15) is 0 Å². The number of nitrogens with one attached hydrogen (secondary N) is 3. The van der Waals surface area contributed by atoms with Crippen LogP contribution in [0.5, 0.6) is 5.75 Å². The summed E-state index contributed by atoms with van der Waals surface area (Å²) < 4.78 is 11.2. The molecule has 3 N–H and O–H groups in total. The summed E-state index contributed by atoms with van der Waals surface area (Å²) in [5, 5.41) is 12.9. The molecule has 13 nitrogen and oxygen atoms in total. The summed E-state index contributed by atoms with van der Waals surface area (Å²) >= 11 is 6.52. The van der Waals surface area contributed by atoms with Crippen LogP contribution in [0.15, 0.2) is 47.6 Å². The molecule has 2 aliphatic carbocycles. The second kappa shape index (κ2) is 15.1. The van der Waals surface area contributed by atoms with Crippen molar-refractivity contribution in [2.45, 2.75) is 94.5 Å². The van der Waals surface area contributed by atoms with E-state index in [0.717, 1.165) is 24.0 Å². The second-order valence-corrected chi connectivity index (χ2v) is 15.7. The first-order chi connectivity index (χ1) is 25.2. The molecular formula is C39H48ClN5O8. The molecule has 3 fully saturated rings. The van der Waals surface area contributed by atoms with Crippen LogP contribution in [0.2, 0.25) is 5.02 Å². The third-order valence-electron chi connectivity index (χ3n) is 11.1. The van der Waals surface area contributed by atoms with E-state index >= 15 is 0 Å². The van der Waals surface area contributed by atoms with Gasteiger partial charge in [0.2, 0.25) is 23.5 Å². The number of oxime groups is 1. The summed E-state index contributed by atoms with van der Waals surface area (Å²) in [5.41, 5.74) is 0.849. The molecule has 4 amide bonds. The maximum absolute atomic E-state index is 14.8. The quantitative estimate of drug-likeness (QED) is 0.248. The lowest BCUT2D eigenvalue weighted by Gasteiger charge is -2.37. The zero-order chi connectivity index (χ0) is 38.2. The minimum Gasteiger partial charge on any atom is -0.495 e. The third-order valence-corrected chi connectivity index (χ3v) is 11.3. The van der Waals surface area contributed by atoms with E-state index in [1.54, 1.807) is 27.0 Å². The van der Waals surface area contributed by atoms with Gasteiger partial charge in [-0.15, -0.1) is 0 Å². The van der Waals surface area contributed by atoms with Crippen molar-refractivity contribution < 1.29 is 38.3 Å². The molecule has 2 aromatic rings. The first-order valence-corrected chi connectivity index (χ1v) is 18.5. The van der Waals surface area contributed by atoms with Gasteiger partial charge >= 0.3 is 0 Å². The number of ketones is 1. The van der Waals surface area contributed by atoms with Crippen molar-refractivity contribution >= 4 is 46.7 Å². The van der Waals surface area contributed by atoms with Crippen molar-refractivity contribution in [3.8, 4) is 5.75 Å². The first-order valence-electron chi connectivity index (χ1n) is 18.1. The van der Waals surface area contributed by atoms with Crippen LogP contribution in [0, 0.1) is 18.8 Å². The van der Waals surface area contributed by atoms with Gasteiger partial charge in [0, 0.05) is 38.5 Å². The molecular weight excluding hydrogens is 702 g/mol. The van der Waals surface area contributed by atoms with E-state index in [9.17, 15) is 24.0 Å². The summed E-state index contributed by atoms with van der Waals surface area (Å²) in [4.78, 5) is 75.9. The Morgan fingerprint density at radius 1 is 1.08 bits per heavy atom. The van der Waals surface area contributed by atoms with Crippen LogP contribution in [-0.4, -0.2) is 97.2 Å². The van der Waals surface area contributed by atoms with E-state index in [1.807, 2.05) is 43.3 Å². The minimum absolute atomic E-state index is 0.0324. The van der Waals surface area contributed by atoms with E-state index in [1.165, 1.54) is 19.1 Å². The summed E-state index contributed by atoms with van der Waals surface area (Å²) in [6.07, 6.45) is 3.03. The van der Waals surface area contributed by atoms with Gasteiger partial charge < -0.3 is 35.2 Å². The molecule has 2 aromatic carbocycles. The van der Waals surface area contributed by atoms with Gasteiger partial charge in [-0.1, -0.05) is 59.9 Å². The highest BCUT2D eigenvalue weighted by Crippen LogP contribution is 2.48. The number of ether oxygens (including phenoxy) is 2. The lowest BCUT2D eigenvalue weighted by atomic mass is 9.91. The average molecular weight is 750 g/mol. The van der Waals surface area contributed by atoms with Crippen LogP contribution in [0.4, 0.5) is 0 Å². The van der Waals surface area contributed by atoms with Gasteiger partial charge in [-0.25, -0.2) is 0 Å². The Morgan fingerprint density at radius 3 is 2.42 bits per heavy atom. The Labute approximate surface area is 314 Å². The molecule has 1 spiro atoms. The predicted molar refractivity (Wildman–Crippen MR) is 196 cm³/mol. The average Bonchev–Trinajstić information content (AvgIpc) is 4.07. The maximum atomic E-state index is 14.8. The van der Waals surface area contributed by atoms with Gasteiger partial charge in [0.1, 0.15) is 17.8 Å². The number of hydrogen-bond donors (Lipinski definition) is 3. The van der Waals surface area contributed by atoms with E-state index in [2.05, 4.69) is 21.1 Å². The zero-order valence-corrected chi connectivity index (χ0v) is 31.7. The Morgan fingerprint density at radius 2 is 1.79 bits per heavy atom. The fourth-order valence-corrected chi connectivity index (χ4v) is 7.87. The number of hydrogen-bond acceptors (Lipinski definition) is 9. The maximum Gasteiger partial charge on any atom is 0.289 e. The smallest absolute Gasteiger partial charge is 0.289 e. The molecule has 14 heteroatoms. The number of halogens is 1. The number of carbonyl (C=O) groups excluding carboxylic acids is 5. The van der Waals surface area contributed by atoms with Crippen LogP contribution >= 0.6 is 11.6 Å². The van der Waals surface area contributed by atoms with E-state index in [0.29, 0.717) is 34.9 Å².